The number of anilines is 1. The van der Waals surface area contributed by atoms with Crippen molar-refractivity contribution in [3.05, 3.63) is 27.2 Å². The Morgan fingerprint density at radius 2 is 2.22 bits per heavy atom. The number of carbonyl (C=O) groups is 1. The molecule has 0 aliphatic rings. The summed E-state index contributed by atoms with van der Waals surface area (Å²) in [6.07, 6.45) is 0.830. The quantitative estimate of drug-likeness (QED) is 0.850. The summed E-state index contributed by atoms with van der Waals surface area (Å²) in [6.45, 7) is 2.74. The monoisotopic (exact) mass is 283 g/mol. The lowest BCUT2D eigenvalue weighted by molar-refractivity contribution is -0.136. The second-order valence-corrected chi connectivity index (χ2v) is 5.57. The first kappa shape index (κ1) is 13.0. The van der Waals surface area contributed by atoms with Crippen LogP contribution in [0, 0.1) is 6.92 Å². The molecule has 2 heterocycles. The molecule has 0 saturated carbocycles. The molecule has 5 nitrogen and oxygen atoms in total. The number of aliphatic carboxylic acids is 1. The van der Waals surface area contributed by atoms with Gasteiger partial charge in [0.05, 0.1) is 17.1 Å². The molecule has 0 aliphatic heterocycles. The Bertz CT molecular complexity index is 536. The van der Waals surface area contributed by atoms with E-state index in [0.29, 0.717) is 5.69 Å². The number of hydrogen-bond acceptors (Lipinski definition) is 6. The van der Waals surface area contributed by atoms with Gasteiger partial charge < -0.3 is 10.4 Å². The predicted octanol–water partition coefficient (Wildman–Crippen LogP) is 2.19. The number of aryl methyl sites for hydroxylation is 1. The van der Waals surface area contributed by atoms with Gasteiger partial charge in [-0.3, -0.25) is 4.79 Å². The lowest BCUT2D eigenvalue weighted by Gasteiger charge is -1.99. The second-order valence-electron chi connectivity index (χ2n) is 3.77. The molecule has 7 heteroatoms. The minimum Gasteiger partial charge on any atom is -0.481 e. The third kappa shape index (κ3) is 3.78. The van der Waals surface area contributed by atoms with Gasteiger partial charge >= 0.3 is 5.97 Å². The number of thiazole rings is 2. The van der Waals surface area contributed by atoms with E-state index in [4.69, 9.17) is 5.11 Å². The van der Waals surface area contributed by atoms with Crippen LogP contribution >= 0.6 is 22.7 Å². The van der Waals surface area contributed by atoms with Crippen LogP contribution in [0.2, 0.25) is 0 Å². The summed E-state index contributed by atoms with van der Waals surface area (Å²) in [7, 11) is 0. The first-order chi connectivity index (χ1) is 8.63. The van der Waals surface area contributed by atoms with Crippen molar-refractivity contribution in [2.75, 3.05) is 11.9 Å². The van der Waals surface area contributed by atoms with Crippen molar-refractivity contribution in [1.29, 1.82) is 0 Å². The third-order valence-corrected chi connectivity index (χ3v) is 4.04. The minimum absolute atomic E-state index is 0.0240. The van der Waals surface area contributed by atoms with Crippen molar-refractivity contribution in [3.8, 4) is 0 Å². The Balaban J connectivity index is 1.79. The van der Waals surface area contributed by atoms with Crippen molar-refractivity contribution in [2.24, 2.45) is 0 Å². The Hall–Kier alpha value is -1.47. The van der Waals surface area contributed by atoms with Crippen LogP contribution in [0.25, 0.3) is 0 Å². The molecule has 2 aromatic heterocycles. The van der Waals surface area contributed by atoms with Crippen molar-refractivity contribution in [1.82, 2.24) is 9.97 Å². The minimum atomic E-state index is -0.856. The summed E-state index contributed by atoms with van der Waals surface area (Å²) in [5, 5.41) is 17.5. The Morgan fingerprint density at radius 3 is 2.89 bits per heavy atom. The van der Waals surface area contributed by atoms with E-state index in [2.05, 4.69) is 15.3 Å². The van der Waals surface area contributed by atoms with Crippen LogP contribution in [0.3, 0.4) is 0 Å². The van der Waals surface area contributed by atoms with E-state index in [1.54, 1.807) is 16.7 Å². The Kier molecular flexibility index (Phi) is 4.27. The topological polar surface area (TPSA) is 75.1 Å². The molecule has 2 N–H and O–H groups in total. The molecule has 96 valence electrons. The maximum absolute atomic E-state index is 10.5. The fourth-order valence-corrected chi connectivity index (χ4v) is 2.93. The molecule has 0 amide bonds. The Morgan fingerprint density at radius 1 is 1.39 bits per heavy atom. The van der Waals surface area contributed by atoms with Crippen LogP contribution in [-0.4, -0.2) is 27.6 Å². The number of rotatable bonds is 6. The van der Waals surface area contributed by atoms with Crippen LogP contribution in [-0.2, 0) is 17.6 Å². The zero-order valence-electron chi connectivity index (χ0n) is 9.84. The maximum Gasteiger partial charge on any atom is 0.309 e. The number of aromatic nitrogens is 2. The summed E-state index contributed by atoms with van der Waals surface area (Å²) >= 11 is 3.08. The zero-order valence-corrected chi connectivity index (χ0v) is 11.5. The van der Waals surface area contributed by atoms with Gasteiger partial charge in [0, 0.05) is 29.4 Å². The molecule has 2 aromatic rings. The molecule has 0 atom stereocenters. The second kappa shape index (κ2) is 5.92. The van der Waals surface area contributed by atoms with Crippen LogP contribution in [0.4, 0.5) is 5.13 Å². The molecule has 0 radical (unpaired) electrons. The third-order valence-electron chi connectivity index (χ3n) is 2.17. The Labute approximate surface area is 113 Å². The molecule has 0 fully saturated rings. The molecule has 0 spiro atoms. The number of nitrogens with zero attached hydrogens (tertiary/aromatic N) is 2. The molecule has 0 bridgehead atoms. The predicted molar refractivity (Wildman–Crippen MR) is 72.5 cm³/mol. The van der Waals surface area contributed by atoms with Crippen molar-refractivity contribution >= 4 is 33.8 Å². The van der Waals surface area contributed by atoms with E-state index in [1.165, 1.54) is 11.3 Å². The molecule has 2 rings (SSSR count). The van der Waals surface area contributed by atoms with Gasteiger partial charge in [0.15, 0.2) is 5.13 Å². The van der Waals surface area contributed by atoms with E-state index in [0.717, 1.165) is 28.8 Å². The maximum atomic E-state index is 10.5. The highest BCUT2D eigenvalue weighted by Gasteiger charge is 2.06. The van der Waals surface area contributed by atoms with Gasteiger partial charge in [0.2, 0.25) is 0 Å². The lowest BCUT2D eigenvalue weighted by atomic mass is 10.3. The average molecular weight is 283 g/mol. The average Bonchev–Trinajstić information content (AvgIpc) is 2.88. The van der Waals surface area contributed by atoms with Gasteiger partial charge in [-0.05, 0) is 6.92 Å². The summed E-state index contributed by atoms with van der Waals surface area (Å²) < 4.78 is 0. The summed E-state index contributed by atoms with van der Waals surface area (Å²) in [4.78, 5) is 19.1. The van der Waals surface area contributed by atoms with Gasteiger partial charge in [-0.2, -0.15) is 0 Å². The van der Waals surface area contributed by atoms with Gasteiger partial charge in [0.1, 0.15) is 0 Å². The number of nitrogens with one attached hydrogen (secondary N) is 1. The van der Waals surface area contributed by atoms with Gasteiger partial charge in [-0.1, -0.05) is 0 Å². The van der Waals surface area contributed by atoms with Crippen LogP contribution in [0.5, 0.6) is 0 Å². The smallest absolute Gasteiger partial charge is 0.309 e. The van der Waals surface area contributed by atoms with Crippen LogP contribution < -0.4 is 5.32 Å². The molecule has 18 heavy (non-hydrogen) atoms. The lowest BCUT2D eigenvalue weighted by Crippen LogP contribution is -2.05. The summed E-state index contributed by atoms with van der Waals surface area (Å²) in [5.74, 6) is -0.856. The first-order valence-electron chi connectivity index (χ1n) is 5.44. The number of hydrogen-bond donors (Lipinski definition) is 2. The fourth-order valence-electron chi connectivity index (χ4n) is 1.42. The van der Waals surface area contributed by atoms with E-state index >= 15 is 0 Å². The molecular weight excluding hydrogens is 270 g/mol. The highest BCUT2D eigenvalue weighted by Crippen LogP contribution is 2.16. The molecule has 0 aromatic carbocycles. The highest BCUT2D eigenvalue weighted by molar-refractivity contribution is 7.13. The van der Waals surface area contributed by atoms with E-state index in [9.17, 15) is 4.79 Å². The summed E-state index contributed by atoms with van der Waals surface area (Å²) in [6, 6.07) is 0. The molecular formula is C11H13N3O2S2. The van der Waals surface area contributed by atoms with Gasteiger partial charge in [-0.25, -0.2) is 9.97 Å². The largest absolute Gasteiger partial charge is 0.481 e. The standard InChI is InChI=1S/C11H13N3O2S2/c1-7-5-17-9(13-7)2-3-12-11-14-8(6-18-11)4-10(15)16/h5-6H,2-4H2,1H3,(H,12,14)(H,15,16). The van der Waals surface area contributed by atoms with E-state index < -0.39 is 5.97 Å². The SMILES string of the molecule is Cc1csc(CCNc2nc(CC(=O)O)cs2)n1. The molecule has 0 saturated heterocycles. The normalized spacial score (nSPS) is 10.5. The number of carboxylic acids is 1. The van der Waals surface area contributed by atoms with Crippen LogP contribution in [0.1, 0.15) is 16.4 Å². The van der Waals surface area contributed by atoms with E-state index in [-0.39, 0.29) is 6.42 Å². The highest BCUT2D eigenvalue weighted by atomic mass is 32.1. The van der Waals surface area contributed by atoms with Crippen LogP contribution in [0.15, 0.2) is 10.8 Å². The van der Waals surface area contributed by atoms with Crippen molar-refractivity contribution in [3.63, 3.8) is 0 Å². The summed E-state index contributed by atoms with van der Waals surface area (Å²) in [5.41, 5.74) is 1.65. The fraction of sp³-hybridized carbons (Fsp3) is 0.364. The van der Waals surface area contributed by atoms with E-state index in [1.807, 2.05) is 12.3 Å². The van der Waals surface area contributed by atoms with Crippen molar-refractivity contribution < 1.29 is 9.90 Å². The first-order valence-corrected chi connectivity index (χ1v) is 7.20. The van der Waals surface area contributed by atoms with Gasteiger partial charge in [0.25, 0.3) is 0 Å². The van der Waals surface area contributed by atoms with Crippen molar-refractivity contribution in [2.45, 2.75) is 19.8 Å². The van der Waals surface area contributed by atoms with Gasteiger partial charge in [-0.15, -0.1) is 22.7 Å². The number of carboxylic acid groups (broad SMARTS) is 1. The zero-order chi connectivity index (χ0) is 13.0. The molecule has 0 unspecified atom stereocenters. The molecule has 0 aliphatic carbocycles.